The zero-order chi connectivity index (χ0) is 11.3. The van der Waals surface area contributed by atoms with Crippen LogP contribution in [0.3, 0.4) is 0 Å². The molecule has 0 aliphatic rings. The number of benzene rings is 1. The van der Waals surface area contributed by atoms with E-state index in [1.54, 1.807) is 7.11 Å². The minimum absolute atomic E-state index is 0.286. The summed E-state index contributed by atoms with van der Waals surface area (Å²) in [5, 5.41) is 8.75. The van der Waals surface area contributed by atoms with Crippen molar-refractivity contribution in [2.75, 3.05) is 13.7 Å². The van der Waals surface area contributed by atoms with Gasteiger partial charge in [0.05, 0.1) is 7.11 Å². The number of ether oxygens (including phenoxy) is 1. The monoisotopic (exact) mass is 208 g/mol. The van der Waals surface area contributed by atoms with Gasteiger partial charge < -0.3 is 9.84 Å². The highest BCUT2D eigenvalue weighted by Gasteiger charge is 2.04. The third kappa shape index (κ3) is 3.24. The normalized spacial score (nSPS) is 10.4. The molecule has 0 atom stereocenters. The van der Waals surface area contributed by atoms with E-state index in [4.69, 9.17) is 9.84 Å². The van der Waals surface area contributed by atoms with Gasteiger partial charge in [0.15, 0.2) is 0 Å². The van der Waals surface area contributed by atoms with E-state index in [2.05, 4.69) is 26.0 Å². The lowest BCUT2D eigenvalue weighted by Crippen LogP contribution is -1.97. The van der Waals surface area contributed by atoms with E-state index in [0.29, 0.717) is 0 Å². The summed E-state index contributed by atoms with van der Waals surface area (Å²) in [5.41, 5.74) is 3.96. The molecule has 0 heterocycles. The minimum Gasteiger partial charge on any atom is -0.497 e. The van der Waals surface area contributed by atoms with Gasteiger partial charge in [0.25, 0.3) is 0 Å². The number of aliphatic hydroxyl groups excluding tert-OH is 1. The third-order valence-electron chi connectivity index (χ3n) is 2.74. The van der Waals surface area contributed by atoms with Crippen LogP contribution >= 0.6 is 0 Å². The standard InChI is InChI=1S/C13H20O2/c1-10-8-12(15-3)9-11(2)13(10)6-4-5-7-14/h8-9,14H,4-7H2,1-3H3. The molecule has 0 aliphatic heterocycles. The molecule has 15 heavy (non-hydrogen) atoms. The lowest BCUT2D eigenvalue weighted by atomic mass is 9.97. The van der Waals surface area contributed by atoms with E-state index in [1.165, 1.54) is 16.7 Å². The maximum Gasteiger partial charge on any atom is 0.119 e. The molecular formula is C13H20O2. The fraction of sp³-hybridized carbons (Fsp3) is 0.538. The molecule has 1 rings (SSSR count). The highest BCUT2D eigenvalue weighted by atomic mass is 16.5. The van der Waals surface area contributed by atoms with Gasteiger partial charge in [-0.3, -0.25) is 0 Å². The lowest BCUT2D eigenvalue weighted by molar-refractivity contribution is 0.284. The van der Waals surface area contributed by atoms with Crippen molar-refractivity contribution in [1.29, 1.82) is 0 Å². The fourth-order valence-corrected chi connectivity index (χ4v) is 1.88. The molecule has 84 valence electrons. The first-order chi connectivity index (χ1) is 7.19. The second-order valence-corrected chi connectivity index (χ2v) is 3.92. The fourth-order valence-electron chi connectivity index (χ4n) is 1.88. The molecule has 1 aromatic rings. The van der Waals surface area contributed by atoms with E-state index >= 15 is 0 Å². The van der Waals surface area contributed by atoms with Gasteiger partial charge in [-0.1, -0.05) is 0 Å². The number of rotatable bonds is 5. The van der Waals surface area contributed by atoms with Crippen LogP contribution < -0.4 is 4.74 Å². The lowest BCUT2D eigenvalue weighted by Gasteiger charge is -2.11. The van der Waals surface area contributed by atoms with Gasteiger partial charge in [-0.25, -0.2) is 0 Å². The minimum atomic E-state index is 0.286. The smallest absolute Gasteiger partial charge is 0.119 e. The summed E-state index contributed by atoms with van der Waals surface area (Å²) in [6.45, 7) is 4.52. The van der Waals surface area contributed by atoms with Crippen LogP contribution in [0.5, 0.6) is 5.75 Å². The van der Waals surface area contributed by atoms with Crippen molar-refractivity contribution in [3.05, 3.63) is 28.8 Å². The van der Waals surface area contributed by atoms with Gasteiger partial charge in [-0.05, 0) is 61.9 Å². The SMILES string of the molecule is COc1cc(C)c(CCCCO)c(C)c1. The predicted molar refractivity (Wildman–Crippen MR) is 62.5 cm³/mol. The van der Waals surface area contributed by atoms with Crippen LogP contribution in [0.15, 0.2) is 12.1 Å². The average Bonchev–Trinajstić information content (AvgIpc) is 2.22. The van der Waals surface area contributed by atoms with Crippen LogP contribution in [-0.4, -0.2) is 18.8 Å². The molecule has 2 nitrogen and oxygen atoms in total. The molecule has 0 amide bonds. The first kappa shape index (κ1) is 12.1. The van der Waals surface area contributed by atoms with Gasteiger partial charge in [-0.2, -0.15) is 0 Å². The molecule has 0 bridgehead atoms. The first-order valence-electron chi connectivity index (χ1n) is 5.44. The molecule has 0 unspecified atom stereocenters. The Morgan fingerprint density at radius 1 is 1.13 bits per heavy atom. The summed E-state index contributed by atoms with van der Waals surface area (Å²) in [6, 6.07) is 4.14. The Morgan fingerprint density at radius 2 is 1.73 bits per heavy atom. The molecule has 0 aliphatic carbocycles. The molecule has 0 fully saturated rings. The summed E-state index contributed by atoms with van der Waals surface area (Å²) < 4.78 is 5.22. The Labute approximate surface area is 91.9 Å². The van der Waals surface area contributed by atoms with Crippen LogP contribution in [0.25, 0.3) is 0 Å². The number of aryl methyl sites for hydroxylation is 2. The molecule has 1 N–H and O–H groups in total. The number of hydrogen-bond donors (Lipinski definition) is 1. The van der Waals surface area contributed by atoms with Crippen molar-refractivity contribution in [3.8, 4) is 5.75 Å². The highest BCUT2D eigenvalue weighted by molar-refractivity contribution is 5.41. The van der Waals surface area contributed by atoms with Gasteiger partial charge in [0.2, 0.25) is 0 Å². The molecule has 0 aromatic heterocycles. The van der Waals surface area contributed by atoms with Crippen LogP contribution in [0, 0.1) is 13.8 Å². The Balaban J connectivity index is 2.79. The summed E-state index contributed by atoms with van der Waals surface area (Å²) in [7, 11) is 1.69. The maximum absolute atomic E-state index is 8.75. The van der Waals surface area contributed by atoms with Crippen molar-refractivity contribution >= 4 is 0 Å². The zero-order valence-electron chi connectivity index (χ0n) is 9.84. The van der Waals surface area contributed by atoms with Crippen molar-refractivity contribution in [3.63, 3.8) is 0 Å². The molecular weight excluding hydrogens is 188 g/mol. The van der Waals surface area contributed by atoms with E-state index in [9.17, 15) is 0 Å². The quantitative estimate of drug-likeness (QED) is 0.754. The Hall–Kier alpha value is -1.02. The van der Waals surface area contributed by atoms with Crippen LogP contribution in [0.1, 0.15) is 29.5 Å². The highest BCUT2D eigenvalue weighted by Crippen LogP contribution is 2.22. The zero-order valence-corrected chi connectivity index (χ0v) is 9.84. The predicted octanol–water partition coefficient (Wildman–Crippen LogP) is 2.63. The van der Waals surface area contributed by atoms with E-state index in [-0.39, 0.29) is 6.61 Å². The van der Waals surface area contributed by atoms with Crippen LogP contribution in [-0.2, 0) is 6.42 Å². The summed E-state index contributed by atoms with van der Waals surface area (Å²) >= 11 is 0. The molecule has 0 radical (unpaired) electrons. The number of hydrogen-bond acceptors (Lipinski definition) is 2. The molecule has 0 saturated carbocycles. The third-order valence-corrected chi connectivity index (χ3v) is 2.74. The molecule has 2 heteroatoms. The second kappa shape index (κ2) is 5.76. The van der Waals surface area contributed by atoms with Gasteiger partial charge >= 0.3 is 0 Å². The number of methoxy groups -OCH3 is 1. The van der Waals surface area contributed by atoms with Gasteiger partial charge in [0.1, 0.15) is 5.75 Å². The van der Waals surface area contributed by atoms with Crippen LogP contribution in [0.2, 0.25) is 0 Å². The van der Waals surface area contributed by atoms with Crippen molar-refractivity contribution in [1.82, 2.24) is 0 Å². The first-order valence-corrected chi connectivity index (χ1v) is 5.44. The van der Waals surface area contributed by atoms with Gasteiger partial charge in [-0.15, -0.1) is 0 Å². The van der Waals surface area contributed by atoms with E-state index < -0.39 is 0 Å². The summed E-state index contributed by atoms with van der Waals surface area (Å²) in [4.78, 5) is 0. The largest absolute Gasteiger partial charge is 0.497 e. The Bertz CT molecular complexity index is 295. The van der Waals surface area contributed by atoms with E-state index in [0.717, 1.165) is 25.0 Å². The van der Waals surface area contributed by atoms with Gasteiger partial charge in [0, 0.05) is 6.61 Å². The molecule has 0 spiro atoms. The Kier molecular flexibility index (Phi) is 4.63. The molecule has 0 saturated heterocycles. The topological polar surface area (TPSA) is 29.5 Å². The van der Waals surface area contributed by atoms with E-state index in [1.807, 2.05) is 0 Å². The van der Waals surface area contributed by atoms with Crippen LogP contribution in [0.4, 0.5) is 0 Å². The summed E-state index contributed by atoms with van der Waals surface area (Å²) in [6.07, 6.45) is 2.97. The van der Waals surface area contributed by atoms with Crippen molar-refractivity contribution in [2.45, 2.75) is 33.1 Å². The maximum atomic E-state index is 8.75. The number of aliphatic hydroxyl groups is 1. The second-order valence-electron chi connectivity index (χ2n) is 3.92. The summed E-state index contributed by atoms with van der Waals surface area (Å²) in [5.74, 6) is 0.927. The van der Waals surface area contributed by atoms with Crippen molar-refractivity contribution < 1.29 is 9.84 Å². The molecule has 1 aromatic carbocycles. The van der Waals surface area contributed by atoms with Crippen molar-refractivity contribution in [2.24, 2.45) is 0 Å². The Morgan fingerprint density at radius 3 is 2.20 bits per heavy atom. The number of unbranched alkanes of at least 4 members (excludes halogenated alkanes) is 1. The average molecular weight is 208 g/mol.